The molecular formula is C30H37ClF3N5O4. The fourth-order valence-corrected chi connectivity index (χ4v) is 6.76. The molecule has 0 bridgehead atoms. The Morgan fingerprint density at radius 1 is 1.05 bits per heavy atom. The summed E-state index contributed by atoms with van der Waals surface area (Å²) in [4.78, 5) is 49.5. The Hall–Kier alpha value is -3.12. The van der Waals surface area contributed by atoms with Crippen molar-refractivity contribution in [2.75, 3.05) is 57.3 Å². The zero-order valence-corrected chi connectivity index (χ0v) is 25.4. The number of rotatable bonds is 7. The van der Waals surface area contributed by atoms with E-state index in [-0.39, 0.29) is 35.5 Å². The van der Waals surface area contributed by atoms with E-state index in [1.165, 1.54) is 11.8 Å². The van der Waals surface area contributed by atoms with E-state index in [0.717, 1.165) is 37.3 Å². The molecule has 3 aliphatic heterocycles. The number of alkyl halides is 3. The minimum absolute atomic E-state index is 0.0234. The van der Waals surface area contributed by atoms with Gasteiger partial charge in [-0.05, 0) is 62.3 Å². The fourth-order valence-electron chi connectivity index (χ4n) is 6.58. The number of anilines is 1. The molecule has 0 saturated carbocycles. The molecule has 2 aromatic rings. The maximum atomic E-state index is 13.7. The van der Waals surface area contributed by atoms with E-state index in [1.807, 2.05) is 30.0 Å². The Kier molecular flexibility index (Phi) is 9.08. The van der Waals surface area contributed by atoms with Crippen molar-refractivity contribution >= 4 is 35.0 Å². The number of carbonyl (C=O) groups is 3. The second-order valence-electron chi connectivity index (χ2n) is 12.0. The third kappa shape index (κ3) is 6.85. The van der Waals surface area contributed by atoms with Crippen LogP contribution in [0, 0.1) is 31.6 Å². The van der Waals surface area contributed by atoms with Crippen LogP contribution in [0.25, 0.3) is 0 Å². The molecule has 1 aromatic carbocycles. The maximum Gasteiger partial charge on any atom is 0.452 e. The van der Waals surface area contributed by atoms with Gasteiger partial charge < -0.3 is 24.0 Å². The van der Waals surface area contributed by atoms with Crippen LogP contribution in [-0.2, 0) is 15.8 Å². The molecule has 4 heterocycles. The number of piperidine rings is 1. The summed E-state index contributed by atoms with van der Waals surface area (Å²) in [5, 5.41) is 0.594. The lowest BCUT2D eigenvalue weighted by Gasteiger charge is -2.34. The van der Waals surface area contributed by atoms with E-state index in [1.54, 1.807) is 11.8 Å². The smallest absolute Gasteiger partial charge is 0.436 e. The molecule has 2 unspecified atom stereocenters. The van der Waals surface area contributed by atoms with Crippen molar-refractivity contribution in [2.24, 2.45) is 17.8 Å². The first kappa shape index (κ1) is 31.3. The number of likely N-dealkylation sites (tertiary alicyclic amines) is 3. The summed E-state index contributed by atoms with van der Waals surface area (Å²) < 4.78 is 44.8. The molecule has 2 atom stereocenters. The molecule has 0 radical (unpaired) electrons. The molecule has 0 spiro atoms. The number of nitrogens with zero attached hydrogens (tertiary/aromatic N) is 5. The van der Waals surface area contributed by atoms with Gasteiger partial charge in [0.05, 0.1) is 0 Å². The Balaban J connectivity index is 1.17. The van der Waals surface area contributed by atoms with Crippen molar-refractivity contribution in [3.8, 4) is 0 Å². The van der Waals surface area contributed by atoms with Crippen molar-refractivity contribution in [1.29, 1.82) is 0 Å². The average molecular weight is 624 g/mol. The van der Waals surface area contributed by atoms with Gasteiger partial charge in [0.1, 0.15) is 0 Å². The highest BCUT2D eigenvalue weighted by molar-refractivity contribution is 6.31. The summed E-state index contributed by atoms with van der Waals surface area (Å²) in [6.45, 7) is 9.34. The van der Waals surface area contributed by atoms with Crippen LogP contribution >= 0.6 is 11.6 Å². The molecule has 0 N–H and O–H groups in total. The summed E-state index contributed by atoms with van der Waals surface area (Å²) in [6, 6.07) is 5.64. The van der Waals surface area contributed by atoms with Crippen LogP contribution in [0.4, 0.5) is 18.9 Å². The van der Waals surface area contributed by atoms with Gasteiger partial charge in [-0.3, -0.25) is 14.4 Å². The summed E-state index contributed by atoms with van der Waals surface area (Å²) in [7, 11) is 0. The predicted octanol–water partition coefficient (Wildman–Crippen LogP) is 4.65. The van der Waals surface area contributed by atoms with Gasteiger partial charge in [0.25, 0.3) is 5.91 Å². The highest BCUT2D eigenvalue weighted by atomic mass is 35.5. The van der Waals surface area contributed by atoms with Crippen molar-refractivity contribution in [1.82, 2.24) is 19.7 Å². The lowest BCUT2D eigenvalue weighted by molar-refractivity contribution is -0.153. The van der Waals surface area contributed by atoms with Crippen molar-refractivity contribution in [2.45, 2.75) is 46.2 Å². The lowest BCUT2D eigenvalue weighted by atomic mass is 9.94. The second kappa shape index (κ2) is 12.5. The largest absolute Gasteiger partial charge is 0.452 e. The van der Waals surface area contributed by atoms with Crippen molar-refractivity contribution in [3.63, 3.8) is 0 Å². The molecule has 9 nitrogen and oxygen atoms in total. The molecule has 3 aliphatic rings. The molecule has 43 heavy (non-hydrogen) atoms. The first-order valence-corrected chi connectivity index (χ1v) is 15.1. The van der Waals surface area contributed by atoms with Gasteiger partial charge in [-0.15, -0.1) is 0 Å². The van der Waals surface area contributed by atoms with Crippen LogP contribution in [0.5, 0.6) is 0 Å². The summed E-state index contributed by atoms with van der Waals surface area (Å²) in [5.74, 6) is -2.07. The van der Waals surface area contributed by atoms with Crippen molar-refractivity contribution < 1.29 is 32.0 Å². The Labute approximate surface area is 253 Å². The van der Waals surface area contributed by atoms with Gasteiger partial charge in [-0.25, -0.2) is 4.98 Å². The van der Waals surface area contributed by atoms with E-state index in [4.69, 9.17) is 16.0 Å². The average Bonchev–Trinajstić information content (AvgIpc) is 3.65. The standard InChI is InChI=1S/C30H37ClF3N5O4/c1-18-5-6-24(13-25(18)31)39(28(41)21-7-11-37(12-8-21)20(3)40)10-4-9-36-14-22-16-38(17-23(22)15-36)29(42)26-27(30(32,33)34)43-19(2)35-26/h5-6,13,21-23H,4,7-12,14-17H2,1-3H3. The molecular weight excluding hydrogens is 587 g/mol. The zero-order valence-electron chi connectivity index (χ0n) is 24.6. The van der Waals surface area contributed by atoms with E-state index in [0.29, 0.717) is 50.6 Å². The molecule has 13 heteroatoms. The third-order valence-electron chi connectivity index (χ3n) is 8.92. The number of amides is 3. The molecule has 3 fully saturated rings. The minimum atomic E-state index is -4.79. The van der Waals surface area contributed by atoms with Crippen LogP contribution in [0.2, 0.25) is 5.02 Å². The van der Waals surface area contributed by atoms with E-state index in [9.17, 15) is 27.6 Å². The molecule has 5 rings (SSSR count). The van der Waals surface area contributed by atoms with Gasteiger partial charge in [-0.1, -0.05) is 17.7 Å². The first-order chi connectivity index (χ1) is 20.3. The predicted molar refractivity (Wildman–Crippen MR) is 154 cm³/mol. The van der Waals surface area contributed by atoms with Gasteiger partial charge in [-0.2, -0.15) is 13.2 Å². The van der Waals surface area contributed by atoms with Gasteiger partial charge >= 0.3 is 6.18 Å². The lowest BCUT2D eigenvalue weighted by Crippen LogP contribution is -2.44. The Bertz CT molecular complexity index is 1360. The summed E-state index contributed by atoms with van der Waals surface area (Å²) >= 11 is 6.42. The van der Waals surface area contributed by atoms with Crippen molar-refractivity contribution in [3.05, 3.63) is 46.1 Å². The van der Waals surface area contributed by atoms with E-state index < -0.39 is 23.5 Å². The maximum absolute atomic E-state index is 13.7. The number of hydrogen-bond acceptors (Lipinski definition) is 6. The summed E-state index contributed by atoms with van der Waals surface area (Å²) in [5.41, 5.74) is 1.01. The number of aromatic nitrogens is 1. The number of benzene rings is 1. The molecule has 3 saturated heterocycles. The number of aryl methyl sites for hydroxylation is 2. The molecule has 3 amide bonds. The minimum Gasteiger partial charge on any atom is -0.436 e. The van der Waals surface area contributed by atoms with E-state index in [2.05, 4.69) is 9.88 Å². The molecule has 0 aliphatic carbocycles. The van der Waals surface area contributed by atoms with Gasteiger partial charge in [0.2, 0.25) is 17.6 Å². The SMILES string of the molecule is CC(=O)N1CCC(C(=O)N(CCCN2CC3CN(C(=O)c4nc(C)oc4C(F)(F)F)CC3C2)c2ccc(C)c(Cl)c2)CC1. The van der Waals surface area contributed by atoms with Gasteiger partial charge in [0, 0.05) is 76.3 Å². The molecule has 234 valence electrons. The zero-order chi connectivity index (χ0) is 31.1. The van der Waals surface area contributed by atoms with Crippen LogP contribution in [0.3, 0.4) is 0 Å². The number of fused-ring (bicyclic) bond motifs is 1. The highest BCUT2D eigenvalue weighted by Crippen LogP contribution is 2.36. The third-order valence-corrected chi connectivity index (χ3v) is 9.33. The van der Waals surface area contributed by atoms with Crippen LogP contribution < -0.4 is 4.90 Å². The second-order valence-corrected chi connectivity index (χ2v) is 12.4. The van der Waals surface area contributed by atoms with Gasteiger partial charge in [0.15, 0.2) is 11.6 Å². The summed E-state index contributed by atoms with van der Waals surface area (Å²) in [6.07, 6.45) is -2.82. The number of carbonyl (C=O) groups excluding carboxylic acids is 3. The number of oxazole rings is 1. The fraction of sp³-hybridized carbons (Fsp3) is 0.600. The number of halogens is 4. The van der Waals surface area contributed by atoms with Crippen LogP contribution in [0.15, 0.2) is 22.6 Å². The van der Waals surface area contributed by atoms with E-state index >= 15 is 0 Å². The normalized spacial score (nSPS) is 21.4. The Morgan fingerprint density at radius 3 is 2.28 bits per heavy atom. The Morgan fingerprint density at radius 2 is 1.70 bits per heavy atom. The van der Waals surface area contributed by atoms with Crippen LogP contribution in [-0.4, -0.2) is 89.8 Å². The topological polar surface area (TPSA) is 90.2 Å². The van der Waals surface area contributed by atoms with Crippen LogP contribution in [0.1, 0.15) is 53.9 Å². The first-order valence-electron chi connectivity index (χ1n) is 14.7. The highest BCUT2D eigenvalue weighted by Gasteiger charge is 2.46. The quantitative estimate of drug-likeness (QED) is 0.446. The monoisotopic (exact) mass is 623 g/mol. The molecule has 1 aromatic heterocycles. The number of hydrogen-bond donors (Lipinski definition) is 0.